The lowest BCUT2D eigenvalue weighted by Gasteiger charge is -2.48. The zero-order valence-electron chi connectivity index (χ0n) is 20.3. The molecule has 2 aromatic carbocycles. The third kappa shape index (κ3) is 4.76. The molecule has 0 bridgehead atoms. The molecule has 1 aliphatic heterocycles. The first-order chi connectivity index (χ1) is 17.0. The van der Waals surface area contributed by atoms with Crippen LogP contribution >= 0.6 is 0 Å². The van der Waals surface area contributed by atoms with Gasteiger partial charge in [-0.3, -0.25) is 9.78 Å². The van der Waals surface area contributed by atoms with Crippen LogP contribution in [-0.2, 0) is 11.2 Å². The maximum Gasteiger partial charge on any atom is 0.309 e. The molecule has 1 saturated carbocycles. The van der Waals surface area contributed by atoms with Crippen molar-refractivity contribution in [1.29, 1.82) is 0 Å². The zero-order valence-corrected chi connectivity index (χ0v) is 20.3. The number of benzene rings is 2. The van der Waals surface area contributed by atoms with Gasteiger partial charge in [0.15, 0.2) is 0 Å². The number of piperidine rings is 1. The van der Waals surface area contributed by atoms with Crippen molar-refractivity contribution >= 4 is 16.9 Å². The van der Waals surface area contributed by atoms with Crippen molar-refractivity contribution in [2.24, 2.45) is 5.41 Å². The van der Waals surface area contributed by atoms with Crippen molar-refractivity contribution in [2.75, 3.05) is 20.2 Å². The van der Waals surface area contributed by atoms with E-state index in [9.17, 15) is 14.3 Å². The van der Waals surface area contributed by atoms with Gasteiger partial charge in [-0.2, -0.15) is 0 Å². The van der Waals surface area contributed by atoms with Gasteiger partial charge >= 0.3 is 5.97 Å². The highest BCUT2D eigenvalue weighted by molar-refractivity contribution is 5.83. The highest BCUT2D eigenvalue weighted by atomic mass is 19.1. The number of aromatic nitrogens is 1. The van der Waals surface area contributed by atoms with Crippen LogP contribution < -0.4 is 4.74 Å². The van der Waals surface area contributed by atoms with E-state index in [-0.39, 0.29) is 5.82 Å². The number of hydrogen-bond donors (Lipinski definition) is 1. The normalized spacial score (nSPS) is 22.0. The van der Waals surface area contributed by atoms with Crippen LogP contribution in [0.25, 0.3) is 10.9 Å². The van der Waals surface area contributed by atoms with E-state index in [1.165, 1.54) is 11.8 Å². The van der Waals surface area contributed by atoms with Crippen molar-refractivity contribution in [3.05, 3.63) is 71.7 Å². The third-order valence-corrected chi connectivity index (χ3v) is 8.33. The molecular formula is C29H33FN2O3. The second-order valence-electron chi connectivity index (χ2n) is 10.2. The van der Waals surface area contributed by atoms with Gasteiger partial charge in [0.25, 0.3) is 0 Å². The number of fused-ring (bicyclic) bond motifs is 1. The minimum atomic E-state index is -0.726. The monoisotopic (exact) mass is 476 g/mol. The standard InChI is InChI=1S/C29H33FN2O3/c1-35-23-9-10-27-25(18-23)24(26(30)19-31-27)8-5-11-29(28(33)34)12-14-32(15-13-29)22-16-21(17-22)20-6-3-2-4-7-20/h2-4,6-7,9-10,18-19,21-22H,5,8,11-17H2,1H3,(H,33,34). The largest absolute Gasteiger partial charge is 0.497 e. The first-order valence-corrected chi connectivity index (χ1v) is 12.6. The molecule has 1 N–H and O–H groups in total. The van der Waals surface area contributed by atoms with E-state index in [0.717, 1.165) is 36.8 Å². The quantitative estimate of drug-likeness (QED) is 0.444. The van der Waals surface area contributed by atoms with Gasteiger partial charge in [0, 0.05) is 11.4 Å². The molecule has 0 amide bonds. The average molecular weight is 477 g/mol. The molecule has 2 fully saturated rings. The molecule has 5 nitrogen and oxygen atoms in total. The number of ether oxygens (including phenoxy) is 1. The number of halogens is 1. The Kier molecular flexibility index (Phi) is 6.74. The summed E-state index contributed by atoms with van der Waals surface area (Å²) in [5.41, 5.74) is 2.00. The van der Waals surface area contributed by atoms with Crippen LogP contribution in [0.1, 0.15) is 55.6 Å². The molecule has 35 heavy (non-hydrogen) atoms. The lowest BCUT2D eigenvalue weighted by molar-refractivity contribution is -0.153. The first kappa shape index (κ1) is 23.7. The number of aryl methyl sites for hydroxylation is 1. The van der Waals surface area contributed by atoms with Crippen LogP contribution in [0.2, 0.25) is 0 Å². The summed E-state index contributed by atoms with van der Waals surface area (Å²) in [4.78, 5) is 19.0. The molecule has 184 valence electrons. The Labute approximate surface area is 205 Å². The molecule has 1 saturated heterocycles. The highest BCUT2D eigenvalue weighted by Crippen LogP contribution is 2.44. The molecular weight excluding hydrogens is 443 g/mol. The van der Waals surface area contributed by atoms with Gasteiger partial charge in [-0.15, -0.1) is 0 Å². The summed E-state index contributed by atoms with van der Waals surface area (Å²) >= 11 is 0. The molecule has 5 rings (SSSR count). The SMILES string of the molecule is COc1ccc2ncc(F)c(CCCC3(C(=O)O)CCN(C4CC(c5ccccc5)C4)CC3)c2c1. The molecule has 2 heterocycles. The number of carbonyl (C=O) groups is 1. The second kappa shape index (κ2) is 9.94. The molecule has 6 heteroatoms. The van der Waals surface area contributed by atoms with E-state index < -0.39 is 11.4 Å². The molecule has 2 aliphatic rings. The Morgan fingerprint density at radius 2 is 1.91 bits per heavy atom. The van der Waals surface area contributed by atoms with E-state index in [1.54, 1.807) is 7.11 Å². The van der Waals surface area contributed by atoms with Crippen LogP contribution in [0.15, 0.2) is 54.7 Å². The summed E-state index contributed by atoms with van der Waals surface area (Å²) in [7, 11) is 1.59. The van der Waals surface area contributed by atoms with Crippen LogP contribution in [0, 0.1) is 11.2 Å². The van der Waals surface area contributed by atoms with Crippen molar-refractivity contribution in [1.82, 2.24) is 9.88 Å². The summed E-state index contributed by atoms with van der Waals surface area (Å²) in [5.74, 6) is 0.222. The number of carboxylic acid groups (broad SMARTS) is 1. The van der Waals surface area contributed by atoms with Gasteiger partial charge in [-0.25, -0.2) is 4.39 Å². The summed E-state index contributed by atoms with van der Waals surface area (Å²) in [6.07, 6.45) is 6.54. The van der Waals surface area contributed by atoms with Gasteiger partial charge in [0.05, 0.1) is 24.2 Å². The van der Waals surface area contributed by atoms with E-state index >= 15 is 0 Å². The number of likely N-dealkylation sites (tertiary alicyclic amines) is 1. The second-order valence-corrected chi connectivity index (χ2v) is 10.2. The number of nitrogens with zero attached hydrogens (tertiary/aromatic N) is 2. The van der Waals surface area contributed by atoms with E-state index in [1.807, 2.05) is 18.2 Å². The molecule has 0 atom stereocenters. The number of carboxylic acids is 1. The fourth-order valence-electron chi connectivity index (χ4n) is 5.96. The van der Waals surface area contributed by atoms with Crippen molar-refractivity contribution in [3.8, 4) is 5.75 Å². The van der Waals surface area contributed by atoms with Crippen LogP contribution in [-0.4, -0.2) is 47.2 Å². The Balaban J connectivity index is 1.19. The lowest BCUT2D eigenvalue weighted by Crippen LogP contribution is -2.51. The summed E-state index contributed by atoms with van der Waals surface area (Å²) in [6, 6.07) is 16.7. The predicted octanol–water partition coefficient (Wildman–Crippen LogP) is 5.82. The average Bonchev–Trinajstić information content (AvgIpc) is 2.85. The smallest absolute Gasteiger partial charge is 0.309 e. The maximum absolute atomic E-state index is 14.7. The van der Waals surface area contributed by atoms with Crippen LogP contribution in [0.5, 0.6) is 5.75 Å². The summed E-state index contributed by atoms with van der Waals surface area (Å²) in [5, 5.41) is 10.9. The van der Waals surface area contributed by atoms with Gasteiger partial charge in [0.2, 0.25) is 0 Å². The van der Waals surface area contributed by atoms with Crippen LogP contribution in [0.3, 0.4) is 0 Å². The number of pyridine rings is 1. The van der Waals surface area contributed by atoms with Crippen molar-refractivity contribution in [2.45, 2.75) is 56.9 Å². The minimum Gasteiger partial charge on any atom is -0.497 e. The fraction of sp³-hybridized carbons (Fsp3) is 0.448. The number of methoxy groups -OCH3 is 1. The Morgan fingerprint density at radius 3 is 2.60 bits per heavy atom. The summed E-state index contributed by atoms with van der Waals surface area (Å²) < 4.78 is 20.0. The van der Waals surface area contributed by atoms with E-state index in [2.05, 4.69) is 40.2 Å². The Bertz CT molecular complexity index is 1190. The molecule has 1 aliphatic carbocycles. The van der Waals surface area contributed by atoms with Crippen LogP contribution in [0.4, 0.5) is 4.39 Å². The van der Waals surface area contributed by atoms with E-state index in [4.69, 9.17) is 4.74 Å². The number of aliphatic carboxylic acids is 1. The maximum atomic E-state index is 14.7. The van der Waals surface area contributed by atoms with Crippen molar-refractivity contribution in [3.63, 3.8) is 0 Å². The van der Waals surface area contributed by atoms with Crippen molar-refractivity contribution < 1.29 is 19.0 Å². The topological polar surface area (TPSA) is 62.7 Å². The van der Waals surface area contributed by atoms with E-state index in [0.29, 0.717) is 55.4 Å². The van der Waals surface area contributed by atoms with Gasteiger partial charge in [-0.1, -0.05) is 30.3 Å². The molecule has 0 spiro atoms. The zero-order chi connectivity index (χ0) is 24.4. The lowest BCUT2D eigenvalue weighted by atomic mass is 9.71. The van der Waals surface area contributed by atoms with Gasteiger partial charge in [0.1, 0.15) is 11.6 Å². The molecule has 0 radical (unpaired) electrons. The Morgan fingerprint density at radius 1 is 1.17 bits per heavy atom. The molecule has 0 unspecified atom stereocenters. The predicted molar refractivity (Wildman–Crippen MR) is 134 cm³/mol. The third-order valence-electron chi connectivity index (χ3n) is 8.33. The number of hydrogen-bond acceptors (Lipinski definition) is 4. The fourth-order valence-corrected chi connectivity index (χ4v) is 5.96. The van der Waals surface area contributed by atoms with Gasteiger partial charge < -0.3 is 14.7 Å². The number of rotatable bonds is 8. The summed E-state index contributed by atoms with van der Waals surface area (Å²) in [6.45, 7) is 1.64. The molecule has 3 aromatic rings. The molecule has 1 aromatic heterocycles. The minimum absolute atomic E-state index is 0.345. The highest BCUT2D eigenvalue weighted by Gasteiger charge is 2.44. The van der Waals surface area contributed by atoms with Gasteiger partial charge in [-0.05, 0) is 93.3 Å². The Hall–Kier alpha value is -2.99. The first-order valence-electron chi connectivity index (χ1n) is 12.6.